The Labute approximate surface area is 394 Å². The van der Waals surface area contributed by atoms with Gasteiger partial charge in [0.15, 0.2) is 0 Å². The predicted octanol–water partition coefficient (Wildman–Crippen LogP) is 10.4. The van der Waals surface area contributed by atoms with Crippen molar-refractivity contribution in [3.63, 3.8) is 0 Å². The van der Waals surface area contributed by atoms with E-state index >= 15 is 0 Å². The van der Waals surface area contributed by atoms with Gasteiger partial charge in [-0.25, -0.2) is 0 Å². The van der Waals surface area contributed by atoms with Gasteiger partial charge >= 0.3 is 0 Å². The number of amides is 2. The van der Waals surface area contributed by atoms with Gasteiger partial charge in [0.05, 0.1) is 39.5 Å². The lowest BCUT2D eigenvalue weighted by Gasteiger charge is -2.45. The van der Waals surface area contributed by atoms with Crippen LogP contribution in [0.2, 0.25) is 0 Å². The first-order valence-electron chi connectivity index (χ1n) is 21.3. The Morgan fingerprint density at radius 1 is 0.493 bits per heavy atom. The Kier molecular flexibility index (Phi) is 12.0. The molecule has 16 heteroatoms. The van der Waals surface area contributed by atoms with E-state index in [0.717, 1.165) is 11.1 Å². The molecule has 2 aliphatic heterocycles. The van der Waals surface area contributed by atoms with Gasteiger partial charge in [0, 0.05) is 51.2 Å². The summed E-state index contributed by atoms with van der Waals surface area (Å²) < 4.78 is 35.6. The summed E-state index contributed by atoms with van der Waals surface area (Å²) in [5, 5.41) is 15.2. The van der Waals surface area contributed by atoms with Gasteiger partial charge < -0.3 is 37.6 Å². The highest BCUT2D eigenvalue weighted by atomic mass is 35.5. The minimum absolute atomic E-state index is 0.234. The third-order valence-electron chi connectivity index (χ3n) is 11.6. The van der Waals surface area contributed by atoms with Gasteiger partial charge in [-0.3, -0.25) is 9.59 Å². The number of halogens is 2. The number of methoxy groups -OCH3 is 2. The van der Waals surface area contributed by atoms with Crippen LogP contribution in [-0.2, 0) is 9.59 Å². The van der Waals surface area contributed by atoms with Gasteiger partial charge in [0.1, 0.15) is 33.8 Å². The number of hydrogen-bond donors (Lipinski definition) is 0. The molecule has 0 aliphatic carbocycles. The van der Waals surface area contributed by atoms with Crippen LogP contribution in [0.25, 0.3) is 45.8 Å². The summed E-state index contributed by atoms with van der Waals surface area (Å²) >= 11 is 13.4. The summed E-state index contributed by atoms with van der Waals surface area (Å²) in [6, 6.07) is 43.5. The van der Waals surface area contributed by atoms with Crippen molar-refractivity contribution in [2.75, 3.05) is 37.2 Å². The summed E-state index contributed by atoms with van der Waals surface area (Å²) in [7, 11) is 3.15. The van der Waals surface area contributed by atoms with Crippen LogP contribution in [0.5, 0.6) is 23.0 Å². The molecule has 8 aromatic rings. The monoisotopic (exact) mass is 934 g/mol. The lowest BCUT2D eigenvalue weighted by Crippen LogP contribution is -2.56. The highest BCUT2D eigenvalue weighted by Gasteiger charge is 2.50. The van der Waals surface area contributed by atoms with Crippen molar-refractivity contribution < 1.29 is 37.4 Å². The second kappa shape index (κ2) is 18.7. The molecule has 6 aromatic carbocycles. The van der Waals surface area contributed by atoms with Gasteiger partial charge in [-0.1, -0.05) is 36.4 Å². The molecule has 14 nitrogen and oxygen atoms in total. The maximum Gasteiger partial charge on any atom is 0.248 e. The molecule has 2 amide bonds. The fraction of sp³-hybridized carbons (Fsp3) is 0.176. The Hall–Kier alpha value is -7.68. The van der Waals surface area contributed by atoms with Crippen LogP contribution in [0.3, 0.4) is 0 Å². The van der Waals surface area contributed by atoms with Crippen LogP contribution in [0.15, 0.2) is 154 Å². The van der Waals surface area contributed by atoms with E-state index in [-0.39, 0.29) is 11.8 Å². The van der Waals surface area contributed by atoms with E-state index in [1.807, 2.05) is 133 Å². The highest BCUT2D eigenvalue weighted by Crippen LogP contribution is 2.48. The Bertz CT molecular complexity index is 2840. The number of carbonyl (C=O) groups excluding carboxylic acids is 2. The average molecular weight is 936 g/mol. The number of rotatable bonds is 16. The summed E-state index contributed by atoms with van der Waals surface area (Å²) in [6.45, 7) is 0.661. The SMILES string of the molecule is COc1ccc(OCCCOc2ccc(OC)c(C3C(Cl)C(=O)N3c3ccc(-c4nnc(-c5ccccc5)o4)cc3)c2)cc1C1C(Cl)C(=O)N1c1ccc(-c2nnc(-c3ccccc3)o2)cc1. The Morgan fingerprint density at radius 2 is 0.851 bits per heavy atom. The quantitative estimate of drug-likeness (QED) is 0.0514. The minimum atomic E-state index is -0.812. The van der Waals surface area contributed by atoms with E-state index < -0.39 is 22.8 Å². The molecule has 4 heterocycles. The van der Waals surface area contributed by atoms with E-state index in [9.17, 15) is 9.59 Å². The average Bonchev–Trinajstić information content (AvgIpc) is 4.09. The molecule has 0 saturated carbocycles. The first-order chi connectivity index (χ1) is 32.8. The molecule has 2 aromatic heterocycles. The maximum absolute atomic E-state index is 13.3. The van der Waals surface area contributed by atoms with Crippen LogP contribution in [0.1, 0.15) is 29.6 Å². The third-order valence-corrected chi connectivity index (χ3v) is 12.5. The minimum Gasteiger partial charge on any atom is -0.496 e. The molecule has 67 heavy (non-hydrogen) atoms. The predicted molar refractivity (Wildman–Crippen MR) is 252 cm³/mol. The Balaban J connectivity index is 0.770. The zero-order chi connectivity index (χ0) is 46.0. The molecule has 4 atom stereocenters. The smallest absolute Gasteiger partial charge is 0.248 e. The fourth-order valence-electron chi connectivity index (χ4n) is 8.19. The van der Waals surface area contributed by atoms with Crippen molar-refractivity contribution >= 4 is 46.4 Å². The van der Waals surface area contributed by atoms with Gasteiger partial charge in [0.25, 0.3) is 0 Å². The molecule has 0 bridgehead atoms. The zero-order valence-corrected chi connectivity index (χ0v) is 37.5. The lowest BCUT2D eigenvalue weighted by atomic mass is 9.91. The molecule has 4 unspecified atom stereocenters. The molecule has 0 spiro atoms. The van der Waals surface area contributed by atoms with E-state index in [1.165, 1.54) is 0 Å². The molecule has 336 valence electrons. The van der Waals surface area contributed by atoms with Crippen LogP contribution in [-0.4, -0.2) is 70.4 Å². The fourth-order valence-corrected chi connectivity index (χ4v) is 8.89. The molecule has 2 fully saturated rings. The molecular formula is C51H40Cl2N6O8. The van der Waals surface area contributed by atoms with Gasteiger partial charge in [-0.05, 0) is 109 Å². The summed E-state index contributed by atoms with van der Waals surface area (Å²) in [4.78, 5) is 29.8. The topological polar surface area (TPSA) is 155 Å². The number of ether oxygens (including phenoxy) is 4. The summed E-state index contributed by atoms with van der Waals surface area (Å²) in [5.41, 5.74) is 5.77. The molecule has 2 aliphatic rings. The molecule has 2 saturated heterocycles. The van der Waals surface area contributed by atoms with Crippen molar-refractivity contribution in [3.8, 4) is 68.8 Å². The zero-order valence-electron chi connectivity index (χ0n) is 36.0. The van der Waals surface area contributed by atoms with E-state index in [0.29, 0.717) is 99.8 Å². The van der Waals surface area contributed by atoms with Crippen molar-refractivity contribution in [1.29, 1.82) is 0 Å². The largest absolute Gasteiger partial charge is 0.496 e. The standard InChI is InChI=1S/C51H40Cl2N6O8/c1-62-40-24-22-36(28-38(40)44-42(52)50(60)58(44)34-18-14-32(15-19-34)48-56-54-46(66-48)30-10-5-3-6-11-30)64-26-9-27-65-37-23-25-41(63-2)39(29-37)45-43(53)51(61)59(45)35-20-16-33(17-21-35)49-57-55-47(67-49)31-12-7-4-8-13-31/h3-8,10-25,28-29,42-45H,9,26-27H2,1-2H3. The molecule has 10 rings (SSSR count). The number of β-lactam (4-membered cyclic amide) rings is 2. The molecule has 0 N–H and O–H groups in total. The second-order valence-electron chi connectivity index (χ2n) is 15.6. The number of anilines is 2. The number of nitrogens with zero attached hydrogens (tertiary/aromatic N) is 6. The van der Waals surface area contributed by atoms with E-state index in [1.54, 1.807) is 36.2 Å². The number of aromatic nitrogens is 4. The van der Waals surface area contributed by atoms with Gasteiger partial charge in [0.2, 0.25) is 35.4 Å². The summed E-state index contributed by atoms with van der Waals surface area (Å²) in [5.74, 6) is 3.38. The normalized spacial score (nSPS) is 17.7. The van der Waals surface area contributed by atoms with Crippen molar-refractivity contribution in [2.45, 2.75) is 29.3 Å². The molecular weight excluding hydrogens is 896 g/mol. The van der Waals surface area contributed by atoms with Crippen molar-refractivity contribution in [3.05, 3.63) is 157 Å². The summed E-state index contributed by atoms with van der Waals surface area (Å²) in [6.07, 6.45) is 0.541. The second-order valence-corrected chi connectivity index (χ2v) is 16.6. The van der Waals surface area contributed by atoms with Crippen molar-refractivity contribution in [1.82, 2.24) is 20.4 Å². The number of benzene rings is 6. The first-order valence-corrected chi connectivity index (χ1v) is 22.2. The van der Waals surface area contributed by atoms with Crippen LogP contribution in [0, 0.1) is 0 Å². The third kappa shape index (κ3) is 8.41. The van der Waals surface area contributed by atoms with Gasteiger partial charge in [-0.15, -0.1) is 43.6 Å². The Morgan fingerprint density at radius 3 is 1.21 bits per heavy atom. The van der Waals surface area contributed by atoms with E-state index in [2.05, 4.69) is 20.4 Å². The highest BCUT2D eigenvalue weighted by molar-refractivity contribution is 6.38. The maximum atomic E-state index is 13.3. The van der Waals surface area contributed by atoms with Gasteiger partial charge in [-0.2, -0.15) is 0 Å². The number of hydrogen-bond acceptors (Lipinski definition) is 12. The first kappa shape index (κ1) is 43.2. The van der Waals surface area contributed by atoms with E-state index in [4.69, 9.17) is 51.0 Å². The van der Waals surface area contributed by atoms with Crippen LogP contribution < -0.4 is 28.7 Å². The number of alkyl halides is 2. The van der Waals surface area contributed by atoms with Crippen LogP contribution >= 0.6 is 23.2 Å². The number of carbonyl (C=O) groups is 2. The molecule has 0 radical (unpaired) electrons. The van der Waals surface area contributed by atoms with Crippen LogP contribution in [0.4, 0.5) is 11.4 Å². The lowest BCUT2D eigenvalue weighted by molar-refractivity contribution is -0.124. The van der Waals surface area contributed by atoms with Crippen molar-refractivity contribution in [2.24, 2.45) is 0 Å².